The van der Waals surface area contributed by atoms with Gasteiger partial charge in [0.05, 0.1) is 12.1 Å². The molecule has 2 rings (SSSR count). The Balaban J connectivity index is 1.82. The zero-order valence-electron chi connectivity index (χ0n) is 14.1. The van der Waals surface area contributed by atoms with Crippen LogP contribution in [0.2, 0.25) is 0 Å². The van der Waals surface area contributed by atoms with Gasteiger partial charge < -0.3 is 5.32 Å². The van der Waals surface area contributed by atoms with Crippen molar-refractivity contribution < 1.29 is 18.0 Å². The maximum absolute atomic E-state index is 12.8. The van der Waals surface area contributed by atoms with E-state index in [4.69, 9.17) is 0 Å². The summed E-state index contributed by atoms with van der Waals surface area (Å²) >= 11 is 0. The van der Waals surface area contributed by atoms with Gasteiger partial charge in [-0.15, -0.1) is 0 Å². The smallest absolute Gasteiger partial charge is 0.353 e. The highest BCUT2D eigenvalue weighted by Crippen LogP contribution is 2.29. The fourth-order valence-electron chi connectivity index (χ4n) is 2.78. The van der Waals surface area contributed by atoms with Crippen molar-refractivity contribution in [1.29, 1.82) is 0 Å². The summed E-state index contributed by atoms with van der Waals surface area (Å²) in [6.45, 7) is 7.67. The molecule has 134 valence electrons. The van der Waals surface area contributed by atoms with E-state index >= 15 is 0 Å². The molecule has 1 N–H and O–H groups in total. The topological polar surface area (TPSA) is 35.6 Å². The standard InChI is InChI=1S/C17H24F3N3O/c1-13(2)21-16(24)12-23-8-6-22(7-9-23)11-14-4-3-5-15(10-14)17(18,19)20/h3-5,10,13H,6-9,11-12H2,1-2H3,(H,21,24). The first-order valence-corrected chi connectivity index (χ1v) is 8.14. The van der Waals surface area contributed by atoms with Crippen molar-refractivity contribution in [3.63, 3.8) is 0 Å². The zero-order valence-corrected chi connectivity index (χ0v) is 14.1. The Morgan fingerprint density at radius 2 is 1.79 bits per heavy atom. The van der Waals surface area contributed by atoms with Gasteiger partial charge in [-0.3, -0.25) is 14.6 Å². The van der Waals surface area contributed by atoms with Gasteiger partial charge in [0.15, 0.2) is 0 Å². The second-order valence-electron chi connectivity index (χ2n) is 6.47. The summed E-state index contributed by atoms with van der Waals surface area (Å²) in [5.41, 5.74) is 0.0554. The second kappa shape index (κ2) is 7.98. The highest BCUT2D eigenvalue weighted by molar-refractivity contribution is 5.78. The summed E-state index contributed by atoms with van der Waals surface area (Å²) in [6.07, 6.45) is -4.31. The lowest BCUT2D eigenvalue weighted by molar-refractivity contribution is -0.137. The molecule has 0 atom stereocenters. The van der Waals surface area contributed by atoms with Gasteiger partial charge in [0.25, 0.3) is 0 Å². The molecule has 0 saturated carbocycles. The predicted octanol–water partition coefficient (Wildman–Crippen LogP) is 2.35. The van der Waals surface area contributed by atoms with Crippen molar-refractivity contribution in [2.45, 2.75) is 32.6 Å². The summed E-state index contributed by atoms with van der Waals surface area (Å²) in [4.78, 5) is 15.9. The summed E-state index contributed by atoms with van der Waals surface area (Å²) in [5, 5.41) is 2.86. The van der Waals surface area contributed by atoms with Gasteiger partial charge in [0.1, 0.15) is 0 Å². The van der Waals surface area contributed by atoms with Crippen LogP contribution in [-0.2, 0) is 17.5 Å². The molecule has 0 spiro atoms. The lowest BCUT2D eigenvalue weighted by atomic mass is 10.1. The van der Waals surface area contributed by atoms with Crippen molar-refractivity contribution >= 4 is 5.91 Å². The van der Waals surface area contributed by atoms with E-state index in [1.807, 2.05) is 13.8 Å². The Morgan fingerprint density at radius 3 is 2.38 bits per heavy atom. The van der Waals surface area contributed by atoms with Crippen molar-refractivity contribution in [1.82, 2.24) is 15.1 Å². The van der Waals surface area contributed by atoms with E-state index < -0.39 is 11.7 Å². The summed E-state index contributed by atoms with van der Waals surface area (Å²) in [5.74, 6) is 0.0105. The number of halogens is 3. The highest BCUT2D eigenvalue weighted by Gasteiger charge is 2.30. The van der Waals surface area contributed by atoms with E-state index in [1.165, 1.54) is 12.1 Å². The monoisotopic (exact) mass is 343 g/mol. The van der Waals surface area contributed by atoms with E-state index in [1.54, 1.807) is 6.07 Å². The van der Waals surface area contributed by atoms with Crippen molar-refractivity contribution in [3.8, 4) is 0 Å². The number of carbonyl (C=O) groups is 1. The molecule has 0 unspecified atom stereocenters. The number of hydrogen-bond acceptors (Lipinski definition) is 3. The van der Waals surface area contributed by atoms with Gasteiger partial charge in [-0.1, -0.05) is 18.2 Å². The minimum absolute atomic E-state index is 0.0105. The largest absolute Gasteiger partial charge is 0.416 e. The number of alkyl halides is 3. The average molecular weight is 343 g/mol. The molecule has 1 aliphatic rings. The number of rotatable bonds is 5. The average Bonchev–Trinajstić information content (AvgIpc) is 2.48. The van der Waals surface area contributed by atoms with Gasteiger partial charge in [-0.2, -0.15) is 13.2 Å². The van der Waals surface area contributed by atoms with Gasteiger partial charge in [0.2, 0.25) is 5.91 Å². The SMILES string of the molecule is CC(C)NC(=O)CN1CCN(Cc2cccc(C(F)(F)F)c2)CC1. The van der Waals surface area contributed by atoms with Crippen molar-refractivity contribution in [3.05, 3.63) is 35.4 Å². The lowest BCUT2D eigenvalue weighted by Crippen LogP contribution is -2.49. The summed E-state index contributed by atoms with van der Waals surface area (Å²) in [6, 6.07) is 5.60. The van der Waals surface area contributed by atoms with Gasteiger partial charge in [-0.25, -0.2) is 0 Å². The Morgan fingerprint density at radius 1 is 1.17 bits per heavy atom. The maximum Gasteiger partial charge on any atom is 0.416 e. The predicted molar refractivity (Wildman–Crippen MR) is 86.4 cm³/mol. The van der Waals surface area contributed by atoms with Crippen LogP contribution in [0.15, 0.2) is 24.3 Å². The number of benzene rings is 1. The quantitative estimate of drug-likeness (QED) is 0.891. The molecule has 7 heteroatoms. The Labute approximate surface area is 140 Å². The molecule has 1 heterocycles. The maximum atomic E-state index is 12.8. The first kappa shape index (κ1) is 18.7. The van der Waals surface area contributed by atoms with Crippen LogP contribution in [0.1, 0.15) is 25.0 Å². The van der Waals surface area contributed by atoms with E-state index in [-0.39, 0.29) is 11.9 Å². The van der Waals surface area contributed by atoms with E-state index in [0.29, 0.717) is 18.7 Å². The molecule has 24 heavy (non-hydrogen) atoms. The van der Waals surface area contributed by atoms with E-state index in [9.17, 15) is 18.0 Å². The van der Waals surface area contributed by atoms with E-state index in [0.717, 1.165) is 32.2 Å². The van der Waals surface area contributed by atoms with Gasteiger partial charge in [-0.05, 0) is 25.5 Å². The fraction of sp³-hybridized carbons (Fsp3) is 0.588. The van der Waals surface area contributed by atoms with Crippen LogP contribution in [0.5, 0.6) is 0 Å². The normalized spacial score (nSPS) is 17.2. The van der Waals surface area contributed by atoms with Crippen molar-refractivity contribution in [2.24, 2.45) is 0 Å². The molecular weight excluding hydrogens is 319 g/mol. The fourth-order valence-corrected chi connectivity index (χ4v) is 2.78. The number of piperazine rings is 1. The minimum Gasteiger partial charge on any atom is -0.353 e. The lowest BCUT2D eigenvalue weighted by Gasteiger charge is -2.34. The first-order chi connectivity index (χ1) is 11.2. The second-order valence-corrected chi connectivity index (χ2v) is 6.47. The molecule has 1 aromatic carbocycles. The van der Waals surface area contributed by atoms with Crippen LogP contribution >= 0.6 is 0 Å². The molecule has 0 aliphatic carbocycles. The van der Waals surface area contributed by atoms with Crippen LogP contribution in [-0.4, -0.2) is 54.5 Å². The van der Waals surface area contributed by atoms with E-state index in [2.05, 4.69) is 15.1 Å². The molecular formula is C17H24F3N3O. The third-order valence-corrected chi connectivity index (χ3v) is 3.94. The zero-order chi connectivity index (χ0) is 17.7. The van der Waals surface area contributed by atoms with Crippen molar-refractivity contribution in [2.75, 3.05) is 32.7 Å². The number of nitrogens with one attached hydrogen (secondary N) is 1. The number of hydrogen-bond donors (Lipinski definition) is 1. The van der Waals surface area contributed by atoms with Crippen LogP contribution in [0.25, 0.3) is 0 Å². The van der Waals surface area contributed by atoms with Gasteiger partial charge >= 0.3 is 6.18 Å². The van der Waals surface area contributed by atoms with Gasteiger partial charge in [0, 0.05) is 38.8 Å². The van der Waals surface area contributed by atoms with Crippen LogP contribution in [0.3, 0.4) is 0 Å². The Bertz CT molecular complexity index is 552. The minimum atomic E-state index is -4.31. The third-order valence-electron chi connectivity index (χ3n) is 3.94. The summed E-state index contributed by atoms with van der Waals surface area (Å²) < 4.78 is 38.3. The molecule has 1 saturated heterocycles. The molecule has 1 amide bonds. The summed E-state index contributed by atoms with van der Waals surface area (Å²) in [7, 11) is 0. The number of amides is 1. The molecule has 0 aromatic heterocycles. The molecule has 0 bridgehead atoms. The van der Waals surface area contributed by atoms with Crippen LogP contribution in [0.4, 0.5) is 13.2 Å². The van der Waals surface area contributed by atoms with Crippen LogP contribution in [0, 0.1) is 0 Å². The Kier molecular flexibility index (Phi) is 6.23. The third kappa shape index (κ3) is 5.79. The Hall–Kier alpha value is -1.60. The van der Waals surface area contributed by atoms with Crippen LogP contribution < -0.4 is 5.32 Å². The molecule has 1 aliphatic heterocycles. The molecule has 4 nitrogen and oxygen atoms in total. The molecule has 0 radical (unpaired) electrons. The molecule has 1 aromatic rings. The molecule has 1 fully saturated rings. The number of nitrogens with zero attached hydrogens (tertiary/aromatic N) is 2. The highest BCUT2D eigenvalue weighted by atomic mass is 19.4. The number of carbonyl (C=O) groups excluding carboxylic acids is 1. The first-order valence-electron chi connectivity index (χ1n) is 8.14.